The van der Waals surface area contributed by atoms with Crippen molar-refractivity contribution in [3.05, 3.63) is 56.8 Å². The minimum Gasteiger partial charge on any atom is -0.494 e. The molecule has 4 nitrogen and oxygen atoms in total. The molecule has 29 heavy (non-hydrogen) atoms. The Morgan fingerprint density at radius 3 is 1.76 bits per heavy atom. The zero-order chi connectivity index (χ0) is 21.5. The number of anilines is 1. The van der Waals surface area contributed by atoms with Crippen molar-refractivity contribution in [2.75, 3.05) is 38.2 Å². The number of benzene rings is 2. The fraction of sp³-hybridized carbons (Fsp3) is 0.278. The number of carbonyl (C=O) groups is 1. The summed E-state index contributed by atoms with van der Waals surface area (Å²) in [7, 11) is 1.37. The topological polar surface area (TPSA) is 32.8 Å². The van der Waals surface area contributed by atoms with E-state index in [2.05, 4.69) is 0 Å². The Labute approximate surface area is 172 Å². The van der Waals surface area contributed by atoms with Crippen LogP contribution in [0.2, 0.25) is 10.0 Å². The quantitative estimate of drug-likeness (QED) is 0.384. The maximum absolute atomic E-state index is 14.0. The molecule has 1 fully saturated rings. The number of nitrogens with zero attached hydrogens (tertiary/aromatic N) is 2. The Hall–Kier alpha value is -2.26. The molecule has 156 valence electrons. The van der Waals surface area contributed by atoms with Crippen LogP contribution in [0.25, 0.3) is 0 Å². The molecular weight excluding hydrogens is 442 g/mol. The second kappa shape index (κ2) is 8.23. The maximum atomic E-state index is 14.0. The number of amides is 1. The van der Waals surface area contributed by atoms with Crippen molar-refractivity contribution in [3.8, 4) is 5.75 Å². The standard InChI is InChI=1S/C18H13Cl2F5N2O2/c1-29-17-9(19)6-8(7-10(17)20)18(28)27-4-2-26(3-5-27)16-14(24)12(22)11(21)13(23)15(16)25/h6-7H,2-5H2,1H3. The molecule has 0 atom stereocenters. The van der Waals surface area contributed by atoms with E-state index >= 15 is 0 Å². The van der Waals surface area contributed by atoms with E-state index in [1.807, 2.05) is 0 Å². The fourth-order valence-electron chi connectivity index (χ4n) is 3.07. The van der Waals surface area contributed by atoms with E-state index in [0.29, 0.717) is 0 Å². The minimum absolute atomic E-state index is 0.0143. The van der Waals surface area contributed by atoms with Crippen molar-refractivity contribution in [1.82, 2.24) is 4.90 Å². The average Bonchev–Trinajstić information content (AvgIpc) is 2.70. The van der Waals surface area contributed by atoms with E-state index in [0.717, 1.165) is 4.90 Å². The van der Waals surface area contributed by atoms with Crippen molar-refractivity contribution < 1.29 is 31.5 Å². The lowest BCUT2D eigenvalue weighted by Gasteiger charge is -2.36. The van der Waals surface area contributed by atoms with Gasteiger partial charge in [0.05, 0.1) is 17.2 Å². The predicted molar refractivity (Wildman–Crippen MR) is 97.4 cm³/mol. The number of carbonyl (C=O) groups excluding carboxylic acids is 1. The van der Waals surface area contributed by atoms with Crippen LogP contribution in [0.5, 0.6) is 5.75 Å². The summed E-state index contributed by atoms with van der Waals surface area (Å²) in [6, 6.07) is 2.73. The molecule has 0 aromatic heterocycles. The number of rotatable bonds is 3. The molecule has 0 aliphatic carbocycles. The molecule has 1 heterocycles. The molecule has 0 radical (unpaired) electrons. The van der Waals surface area contributed by atoms with Gasteiger partial charge in [0.15, 0.2) is 29.0 Å². The molecule has 0 bridgehead atoms. The first kappa shape index (κ1) is 21.4. The van der Waals surface area contributed by atoms with Gasteiger partial charge < -0.3 is 14.5 Å². The number of hydrogen-bond donors (Lipinski definition) is 0. The van der Waals surface area contributed by atoms with E-state index in [-0.39, 0.29) is 47.5 Å². The van der Waals surface area contributed by atoms with Crippen LogP contribution in [0.4, 0.5) is 27.6 Å². The summed E-state index contributed by atoms with van der Waals surface area (Å²) >= 11 is 12.0. The number of hydrogen-bond acceptors (Lipinski definition) is 3. The first-order valence-corrected chi connectivity index (χ1v) is 9.01. The van der Waals surface area contributed by atoms with Gasteiger partial charge in [-0.05, 0) is 12.1 Å². The number of methoxy groups -OCH3 is 1. The molecule has 3 rings (SSSR count). The zero-order valence-electron chi connectivity index (χ0n) is 14.8. The third kappa shape index (κ3) is 3.81. The first-order chi connectivity index (χ1) is 13.7. The highest BCUT2D eigenvalue weighted by Gasteiger charge is 2.32. The summed E-state index contributed by atoms with van der Waals surface area (Å²) in [6.45, 7) is -0.303. The zero-order valence-corrected chi connectivity index (χ0v) is 16.4. The molecule has 0 unspecified atom stereocenters. The molecule has 1 amide bonds. The highest BCUT2D eigenvalue weighted by molar-refractivity contribution is 6.37. The van der Waals surface area contributed by atoms with Crippen LogP contribution in [0.1, 0.15) is 10.4 Å². The lowest BCUT2D eigenvalue weighted by atomic mass is 10.1. The van der Waals surface area contributed by atoms with Crippen LogP contribution in [0, 0.1) is 29.1 Å². The van der Waals surface area contributed by atoms with Crippen molar-refractivity contribution in [2.45, 2.75) is 0 Å². The minimum atomic E-state index is -2.22. The molecule has 2 aromatic carbocycles. The van der Waals surface area contributed by atoms with Crippen molar-refractivity contribution in [1.29, 1.82) is 0 Å². The number of ether oxygens (including phenoxy) is 1. The summed E-state index contributed by atoms with van der Waals surface area (Å²) in [6.07, 6.45) is 0. The molecule has 1 saturated heterocycles. The van der Waals surface area contributed by atoms with Crippen LogP contribution < -0.4 is 9.64 Å². The first-order valence-electron chi connectivity index (χ1n) is 8.26. The second-order valence-corrected chi connectivity index (χ2v) is 6.99. The SMILES string of the molecule is COc1c(Cl)cc(C(=O)N2CCN(c3c(F)c(F)c(F)c(F)c3F)CC2)cc1Cl. The predicted octanol–water partition coefficient (Wildman–Crippen LogP) is 4.66. The van der Waals surface area contributed by atoms with E-state index < -0.39 is 40.7 Å². The molecule has 1 aliphatic heterocycles. The van der Waals surface area contributed by atoms with Crippen molar-refractivity contribution in [3.63, 3.8) is 0 Å². The monoisotopic (exact) mass is 454 g/mol. The highest BCUT2D eigenvalue weighted by Crippen LogP contribution is 2.35. The smallest absolute Gasteiger partial charge is 0.254 e. The van der Waals surface area contributed by atoms with Crippen LogP contribution in [-0.4, -0.2) is 44.1 Å². The van der Waals surface area contributed by atoms with Gasteiger partial charge in [-0.15, -0.1) is 0 Å². The van der Waals surface area contributed by atoms with Gasteiger partial charge in [0.1, 0.15) is 5.69 Å². The summed E-state index contributed by atoms with van der Waals surface area (Å²) in [5.74, 6) is -10.3. The van der Waals surface area contributed by atoms with Crippen LogP contribution in [0.15, 0.2) is 12.1 Å². The van der Waals surface area contributed by atoms with Gasteiger partial charge in [0, 0.05) is 31.7 Å². The molecular formula is C18H13Cl2F5N2O2. The van der Waals surface area contributed by atoms with E-state index in [1.54, 1.807) is 0 Å². The summed E-state index contributed by atoms with van der Waals surface area (Å²) in [4.78, 5) is 15.0. The van der Waals surface area contributed by atoms with Gasteiger partial charge in [-0.2, -0.15) is 0 Å². The van der Waals surface area contributed by atoms with E-state index in [1.165, 1.54) is 24.1 Å². The number of halogens is 7. The Bertz CT molecular complexity index is 929. The van der Waals surface area contributed by atoms with Crippen LogP contribution in [-0.2, 0) is 0 Å². The lowest BCUT2D eigenvalue weighted by Crippen LogP contribution is -2.49. The summed E-state index contributed by atoms with van der Waals surface area (Å²) < 4.78 is 73.1. The van der Waals surface area contributed by atoms with Gasteiger partial charge in [-0.1, -0.05) is 23.2 Å². The molecule has 1 aliphatic rings. The molecule has 0 N–H and O–H groups in total. The molecule has 0 saturated carbocycles. The van der Waals surface area contributed by atoms with Gasteiger partial charge in [-0.3, -0.25) is 4.79 Å². The van der Waals surface area contributed by atoms with E-state index in [9.17, 15) is 26.7 Å². The third-order valence-electron chi connectivity index (χ3n) is 4.52. The summed E-state index contributed by atoms with van der Waals surface area (Å²) in [5, 5.41) is 0.256. The Morgan fingerprint density at radius 2 is 1.31 bits per heavy atom. The highest BCUT2D eigenvalue weighted by atomic mass is 35.5. The fourth-order valence-corrected chi connectivity index (χ4v) is 3.71. The van der Waals surface area contributed by atoms with Crippen LogP contribution >= 0.6 is 23.2 Å². The average molecular weight is 455 g/mol. The molecule has 11 heteroatoms. The lowest BCUT2D eigenvalue weighted by molar-refractivity contribution is 0.0746. The second-order valence-electron chi connectivity index (χ2n) is 6.17. The van der Waals surface area contributed by atoms with Gasteiger partial charge in [0.25, 0.3) is 5.91 Å². The van der Waals surface area contributed by atoms with Gasteiger partial charge in [0.2, 0.25) is 5.82 Å². The molecule has 2 aromatic rings. The van der Waals surface area contributed by atoms with Crippen LogP contribution in [0.3, 0.4) is 0 Å². The normalized spacial score (nSPS) is 14.3. The Morgan fingerprint density at radius 1 is 0.862 bits per heavy atom. The molecule has 0 spiro atoms. The number of piperazine rings is 1. The van der Waals surface area contributed by atoms with Gasteiger partial charge >= 0.3 is 0 Å². The largest absolute Gasteiger partial charge is 0.494 e. The van der Waals surface area contributed by atoms with Gasteiger partial charge in [-0.25, -0.2) is 22.0 Å². The van der Waals surface area contributed by atoms with Crippen molar-refractivity contribution in [2.24, 2.45) is 0 Å². The Kier molecular flexibility index (Phi) is 6.09. The summed E-state index contributed by atoms with van der Waals surface area (Å²) in [5.41, 5.74) is -0.838. The van der Waals surface area contributed by atoms with Crippen molar-refractivity contribution >= 4 is 34.8 Å². The maximum Gasteiger partial charge on any atom is 0.254 e. The van der Waals surface area contributed by atoms with E-state index in [4.69, 9.17) is 27.9 Å². The third-order valence-corrected chi connectivity index (χ3v) is 5.08. The Balaban J connectivity index is 1.79.